The van der Waals surface area contributed by atoms with Crippen LogP contribution in [0.5, 0.6) is 0 Å². The molecule has 0 spiro atoms. The van der Waals surface area contributed by atoms with Crippen molar-refractivity contribution >= 4 is 9.84 Å². The van der Waals surface area contributed by atoms with Crippen molar-refractivity contribution in [3.63, 3.8) is 0 Å². The van der Waals surface area contributed by atoms with Crippen molar-refractivity contribution in [1.29, 1.82) is 0 Å². The summed E-state index contributed by atoms with van der Waals surface area (Å²) in [5, 5.41) is 0.152. The van der Waals surface area contributed by atoms with Crippen LogP contribution in [0.15, 0.2) is 11.2 Å². The largest absolute Gasteiger partial charge is 0.336 e. The quantitative estimate of drug-likeness (QED) is 0.717. The van der Waals surface area contributed by atoms with Crippen LogP contribution in [0.3, 0.4) is 0 Å². The molecule has 0 bridgehead atoms. The molecule has 0 amide bonds. The van der Waals surface area contributed by atoms with Gasteiger partial charge < -0.3 is 4.57 Å². The van der Waals surface area contributed by atoms with Crippen molar-refractivity contribution in [2.75, 3.05) is 6.26 Å². The second-order valence-electron chi connectivity index (χ2n) is 3.48. The maximum absolute atomic E-state index is 11.1. The van der Waals surface area contributed by atoms with Crippen LogP contribution in [0.4, 0.5) is 0 Å². The Morgan fingerprint density at radius 1 is 1.46 bits per heavy atom. The lowest BCUT2D eigenvalue weighted by Crippen LogP contribution is -1.99. The van der Waals surface area contributed by atoms with E-state index in [4.69, 9.17) is 0 Å². The number of aromatic nitrogens is 2. The monoisotopic (exact) mass is 202 g/mol. The van der Waals surface area contributed by atoms with Gasteiger partial charge in [-0.2, -0.15) is 0 Å². The van der Waals surface area contributed by atoms with Crippen molar-refractivity contribution in [3.05, 3.63) is 12.0 Å². The van der Waals surface area contributed by atoms with Gasteiger partial charge in [0, 0.05) is 25.4 Å². The van der Waals surface area contributed by atoms with Crippen LogP contribution >= 0.6 is 0 Å². The van der Waals surface area contributed by atoms with Crippen LogP contribution in [0, 0.1) is 0 Å². The highest BCUT2D eigenvalue weighted by Gasteiger charge is 2.15. The van der Waals surface area contributed by atoms with Crippen LogP contribution in [-0.2, 0) is 16.9 Å². The van der Waals surface area contributed by atoms with E-state index in [1.165, 1.54) is 6.26 Å². The first-order valence-electron chi connectivity index (χ1n) is 4.05. The fourth-order valence-corrected chi connectivity index (χ4v) is 1.78. The average Bonchev–Trinajstić information content (AvgIpc) is 2.29. The van der Waals surface area contributed by atoms with Crippen LogP contribution in [0.2, 0.25) is 0 Å². The zero-order valence-electron chi connectivity index (χ0n) is 8.27. The van der Waals surface area contributed by atoms with Gasteiger partial charge in [-0.25, -0.2) is 13.4 Å². The van der Waals surface area contributed by atoms with E-state index in [1.54, 1.807) is 17.8 Å². The van der Waals surface area contributed by atoms with Crippen molar-refractivity contribution in [2.45, 2.75) is 24.8 Å². The first-order valence-corrected chi connectivity index (χ1v) is 5.95. The first kappa shape index (κ1) is 10.2. The van der Waals surface area contributed by atoms with Crippen molar-refractivity contribution < 1.29 is 8.42 Å². The van der Waals surface area contributed by atoms with E-state index in [-0.39, 0.29) is 10.9 Å². The van der Waals surface area contributed by atoms with E-state index in [2.05, 4.69) is 4.98 Å². The minimum atomic E-state index is -3.17. The van der Waals surface area contributed by atoms with Crippen molar-refractivity contribution in [3.8, 4) is 0 Å². The molecule has 1 aromatic rings. The normalized spacial score (nSPS) is 12.4. The minimum absolute atomic E-state index is 0.152. The number of hydrogen-bond acceptors (Lipinski definition) is 3. The van der Waals surface area contributed by atoms with Gasteiger partial charge in [-0.1, -0.05) is 13.8 Å². The van der Waals surface area contributed by atoms with Gasteiger partial charge in [0.25, 0.3) is 0 Å². The summed E-state index contributed by atoms with van der Waals surface area (Å²) in [7, 11) is -1.37. The number of nitrogens with zero attached hydrogens (tertiary/aromatic N) is 2. The number of rotatable bonds is 2. The summed E-state index contributed by atoms with van der Waals surface area (Å²) < 4.78 is 24.0. The molecule has 0 aliphatic carbocycles. The summed E-state index contributed by atoms with van der Waals surface area (Å²) >= 11 is 0. The van der Waals surface area contributed by atoms with Gasteiger partial charge in [0.2, 0.25) is 0 Å². The molecule has 1 heterocycles. The Kier molecular flexibility index (Phi) is 2.47. The Hall–Kier alpha value is -0.840. The van der Waals surface area contributed by atoms with Crippen LogP contribution < -0.4 is 0 Å². The van der Waals surface area contributed by atoms with E-state index in [1.807, 2.05) is 13.8 Å². The average molecular weight is 202 g/mol. The molecule has 13 heavy (non-hydrogen) atoms. The molecule has 1 rings (SSSR count). The van der Waals surface area contributed by atoms with Gasteiger partial charge in [0.1, 0.15) is 5.82 Å². The third kappa shape index (κ3) is 2.09. The van der Waals surface area contributed by atoms with Gasteiger partial charge in [-0.05, 0) is 0 Å². The molecule has 0 N–H and O–H groups in total. The molecule has 74 valence electrons. The molecule has 1 aromatic heterocycles. The van der Waals surface area contributed by atoms with E-state index >= 15 is 0 Å². The Labute approximate surface area is 78.5 Å². The number of aryl methyl sites for hydroxylation is 1. The van der Waals surface area contributed by atoms with Gasteiger partial charge >= 0.3 is 0 Å². The van der Waals surface area contributed by atoms with E-state index in [9.17, 15) is 8.42 Å². The molecule has 0 aliphatic rings. The molecular weight excluding hydrogens is 188 g/mol. The third-order valence-corrected chi connectivity index (χ3v) is 2.74. The topological polar surface area (TPSA) is 52.0 Å². The predicted molar refractivity (Wildman–Crippen MR) is 50.4 cm³/mol. The summed E-state index contributed by atoms with van der Waals surface area (Å²) in [6.07, 6.45) is 2.71. The zero-order chi connectivity index (χ0) is 10.2. The van der Waals surface area contributed by atoms with Gasteiger partial charge in [0.15, 0.2) is 14.9 Å². The number of hydrogen-bond donors (Lipinski definition) is 0. The zero-order valence-corrected chi connectivity index (χ0v) is 9.09. The number of imidazole rings is 1. The second-order valence-corrected chi connectivity index (χ2v) is 5.44. The predicted octanol–water partition coefficient (Wildman–Crippen LogP) is 0.947. The molecule has 0 saturated heterocycles. The molecule has 0 unspecified atom stereocenters. The lowest BCUT2D eigenvalue weighted by atomic mass is 10.2. The van der Waals surface area contributed by atoms with Crippen molar-refractivity contribution in [2.24, 2.45) is 7.05 Å². The van der Waals surface area contributed by atoms with Gasteiger partial charge in [0.05, 0.1) is 0 Å². The molecule has 0 atom stereocenters. The standard InChI is InChI=1S/C8H14N2O2S/c1-6(2)8-9-7(5-10(8)3)13(4,11)12/h5-6H,1-4H3. The third-order valence-electron chi connectivity index (χ3n) is 1.79. The molecule has 4 nitrogen and oxygen atoms in total. The first-order chi connectivity index (χ1) is 5.82. The minimum Gasteiger partial charge on any atom is -0.336 e. The molecule has 5 heteroatoms. The number of sulfone groups is 1. The summed E-state index contributed by atoms with van der Waals surface area (Å²) in [6.45, 7) is 3.96. The maximum atomic E-state index is 11.1. The van der Waals surface area contributed by atoms with E-state index in [0.717, 1.165) is 5.82 Å². The van der Waals surface area contributed by atoms with Crippen LogP contribution in [0.25, 0.3) is 0 Å². The second kappa shape index (κ2) is 3.14. The SMILES string of the molecule is CC(C)c1nc(S(C)(=O)=O)cn1C. The summed E-state index contributed by atoms with van der Waals surface area (Å²) in [6, 6.07) is 0. The van der Waals surface area contributed by atoms with E-state index < -0.39 is 9.84 Å². The molecule has 0 fully saturated rings. The maximum Gasteiger partial charge on any atom is 0.194 e. The highest BCUT2D eigenvalue weighted by Crippen LogP contribution is 2.15. The molecular formula is C8H14N2O2S. The Balaban J connectivity index is 3.25. The Bertz CT molecular complexity index is 404. The van der Waals surface area contributed by atoms with E-state index in [0.29, 0.717) is 0 Å². The lowest BCUT2D eigenvalue weighted by molar-refractivity contribution is 0.598. The fourth-order valence-electron chi connectivity index (χ4n) is 1.17. The lowest BCUT2D eigenvalue weighted by Gasteiger charge is -2.02. The summed E-state index contributed by atoms with van der Waals surface area (Å²) in [4.78, 5) is 4.06. The molecule has 0 aromatic carbocycles. The van der Waals surface area contributed by atoms with Crippen LogP contribution in [-0.4, -0.2) is 24.2 Å². The highest BCUT2D eigenvalue weighted by atomic mass is 32.2. The smallest absolute Gasteiger partial charge is 0.194 e. The Morgan fingerprint density at radius 3 is 2.23 bits per heavy atom. The molecule has 0 saturated carbocycles. The molecule has 0 aliphatic heterocycles. The van der Waals surface area contributed by atoms with Gasteiger partial charge in [-0.3, -0.25) is 0 Å². The van der Waals surface area contributed by atoms with Crippen LogP contribution in [0.1, 0.15) is 25.6 Å². The summed E-state index contributed by atoms with van der Waals surface area (Å²) in [5.41, 5.74) is 0. The highest BCUT2D eigenvalue weighted by molar-refractivity contribution is 7.90. The molecule has 0 radical (unpaired) electrons. The fraction of sp³-hybridized carbons (Fsp3) is 0.625. The summed E-state index contributed by atoms with van der Waals surface area (Å²) in [5.74, 6) is 1.03. The van der Waals surface area contributed by atoms with Gasteiger partial charge in [-0.15, -0.1) is 0 Å². The van der Waals surface area contributed by atoms with Crippen molar-refractivity contribution in [1.82, 2.24) is 9.55 Å². The Morgan fingerprint density at radius 2 is 2.00 bits per heavy atom.